The molecule has 1 aliphatic rings. The molecule has 1 saturated heterocycles. The van der Waals surface area contributed by atoms with Crippen LogP contribution in [0, 0.1) is 10.1 Å². The molecule has 1 aliphatic heterocycles. The van der Waals surface area contributed by atoms with E-state index in [9.17, 15) is 29.9 Å². The lowest BCUT2D eigenvalue weighted by Crippen LogP contribution is -2.30. The van der Waals surface area contributed by atoms with Crippen molar-refractivity contribution in [3.8, 4) is 11.5 Å². The molecule has 2 aromatic carbocycles. The van der Waals surface area contributed by atoms with Gasteiger partial charge in [-0.05, 0) is 44.0 Å². The molecule has 9 nitrogen and oxygen atoms in total. The number of nitrogens with zero attached hydrogens (tertiary/aromatic N) is 2. The minimum Gasteiger partial charge on any atom is -0.507 e. The number of aromatic hydroxyl groups is 1. The van der Waals surface area contributed by atoms with Crippen LogP contribution in [0.2, 0.25) is 0 Å². The summed E-state index contributed by atoms with van der Waals surface area (Å²) in [6.07, 6.45) is 0.418. The van der Waals surface area contributed by atoms with Crippen molar-refractivity contribution in [2.24, 2.45) is 0 Å². The molecule has 3 rings (SSSR count). The number of hydrogen-bond donors (Lipinski definition) is 2. The van der Waals surface area contributed by atoms with Gasteiger partial charge in [0.1, 0.15) is 11.5 Å². The van der Waals surface area contributed by atoms with Crippen LogP contribution >= 0.6 is 0 Å². The second kappa shape index (κ2) is 9.09. The van der Waals surface area contributed by atoms with E-state index in [-0.39, 0.29) is 29.3 Å². The van der Waals surface area contributed by atoms with Gasteiger partial charge in [0.25, 0.3) is 11.7 Å². The maximum Gasteiger partial charge on any atom is 0.311 e. The van der Waals surface area contributed by atoms with Crippen LogP contribution in [0.3, 0.4) is 0 Å². The average molecular weight is 440 g/mol. The van der Waals surface area contributed by atoms with E-state index in [2.05, 4.69) is 0 Å². The van der Waals surface area contributed by atoms with Gasteiger partial charge in [-0.15, -0.1) is 0 Å². The minimum absolute atomic E-state index is 0.111. The van der Waals surface area contributed by atoms with Gasteiger partial charge in [-0.2, -0.15) is 0 Å². The molecule has 1 fully saturated rings. The molecule has 0 spiro atoms. The number of ether oxygens (including phenoxy) is 1. The fourth-order valence-corrected chi connectivity index (χ4v) is 3.70. The molecule has 32 heavy (non-hydrogen) atoms. The van der Waals surface area contributed by atoms with E-state index in [1.165, 1.54) is 11.0 Å². The topological polar surface area (TPSA) is 130 Å². The van der Waals surface area contributed by atoms with Crippen molar-refractivity contribution in [1.29, 1.82) is 0 Å². The van der Waals surface area contributed by atoms with Crippen molar-refractivity contribution in [2.75, 3.05) is 6.54 Å². The minimum atomic E-state index is -1.04. The monoisotopic (exact) mass is 440 g/mol. The Morgan fingerprint density at radius 1 is 1.22 bits per heavy atom. The second-order valence-electron chi connectivity index (χ2n) is 7.69. The molecule has 2 aromatic rings. The van der Waals surface area contributed by atoms with Gasteiger partial charge in [-0.3, -0.25) is 19.7 Å². The Bertz CT molecular complexity index is 1110. The molecule has 1 amide bonds. The van der Waals surface area contributed by atoms with Crippen LogP contribution < -0.4 is 4.74 Å². The first-order valence-electron chi connectivity index (χ1n) is 10.2. The Balaban J connectivity index is 2.20. The fourth-order valence-electron chi connectivity index (χ4n) is 3.70. The van der Waals surface area contributed by atoms with Gasteiger partial charge >= 0.3 is 5.69 Å². The average Bonchev–Trinajstić information content (AvgIpc) is 2.98. The highest BCUT2D eigenvalue weighted by Gasteiger charge is 2.46. The number of phenolic OH excluding ortho intramolecular Hbond substituents is 1. The number of Topliss-reactive ketones (excluding diaryl/α,β-unsaturated/α-hetero) is 1. The number of aliphatic hydroxyl groups excluding tert-OH is 1. The number of phenols is 1. The number of carbonyl (C=O) groups is 2. The highest BCUT2D eigenvalue weighted by molar-refractivity contribution is 6.46. The standard InChI is InChI=1S/C23H24N2O7/c1-4-10-24-20(14-8-9-18(26)17(12-14)25(30)31)19(22(28)23(24)29)21(27)15-6-5-7-16(11-15)32-13(2)3/h5-9,11-13,20,26-27H,4,10H2,1-3H3/b21-19-. The molecule has 0 aliphatic carbocycles. The molecule has 2 N–H and O–H groups in total. The number of hydrogen-bond acceptors (Lipinski definition) is 7. The summed E-state index contributed by atoms with van der Waals surface area (Å²) >= 11 is 0. The van der Waals surface area contributed by atoms with E-state index < -0.39 is 39.9 Å². The zero-order valence-electron chi connectivity index (χ0n) is 17.9. The predicted octanol–water partition coefficient (Wildman–Crippen LogP) is 3.92. The normalized spacial score (nSPS) is 17.8. The van der Waals surface area contributed by atoms with Crippen LogP contribution in [0.15, 0.2) is 48.0 Å². The molecule has 0 radical (unpaired) electrons. The van der Waals surface area contributed by atoms with Gasteiger partial charge in [0.15, 0.2) is 5.75 Å². The maximum absolute atomic E-state index is 12.9. The highest BCUT2D eigenvalue weighted by Crippen LogP contribution is 2.42. The van der Waals surface area contributed by atoms with Gasteiger partial charge < -0.3 is 19.8 Å². The first-order chi connectivity index (χ1) is 15.1. The Labute approximate surface area is 184 Å². The number of likely N-dealkylation sites (tertiary alicyclic amines) is 1. The van der Waals surface area contributed by atoms with Crippen molar-refractivity contribution in [3.63, 3.8) is 0 Å². The Morgan fingerprint density at radius 3 is 2.56 bits per heavy atom. The molecule has 168 valence electrons. The van der Waals surface area contributed by atoms with E-state index in [1.807, 2.05) is 20.8 Å². The van der Waals surface area contributed by atoms with Gasteiger partial charge in [0.05, 0.1) is 22.6 Å². The summed E-state index contributed by atoms with van der Waals surface area (Å²) in [6, 6.07) is 9.08. The van der Waals surface area contributed by atoms with Crippen molar-refractivity contribution >= 4 is 23.1 Å². The largest absolute Gasteiger partial charge is 0.507 e. The second-order valence-corrected chi connectivity index (χ2v) is 7.69. The number of rotatable bonds is 7. The Kier molecular flexibility index (Phi) is 6.47. The van der Waals surface area contributed by atoms with Gasteiger partial charge in [0.2, 0.25) is 0 Å². The van der Waals surface area contributed by atoms with Gasteiger partial charge in [-0.25, -0.2) is 0 Å². The number of ketones is 1. The Hall–Kier alpha value is -3.88. The van der Waals surface area contributed by atoms with E-state index in [0.29, 0.717) is 12.2 Å². The lowest BCUT2D eigenvalue weighted by atomic mass is 9.94. The fraction of sp³-hybridized carbons (Fsp3) is 0.304. The van der Waals surface area contributed by atoms with Crippen LogP contribution in [-0.2, 0) is 9.59 Å². The number of benzene rings is 2. The molecular weight excluding hydrogens is 416 g/mol. The lowest BCUT2D eigenvalue weighted by Gasteiger charge is -2.24. The van der Waals surface area contributed by atoms with Crippen molar-refractivity contribution in [1.82, 2.24) is 4.90 Å². The maximum atomic E-state index is 12.9. The quantitative estimate of drug-likeness (QED) is 0.219. The van der Waals surface area contributed by atoms with E-state index >= 15 is 0 Å². The number of carbonyl (C=O) groups excluding carboxylic acids is 2. The molecule has 1 atom stereocenters. The van der Waals surface area contributed by atoms with Crippen LogP contribution in [0.25, 0.3) is 5.76 Å². The number of nitro groups is 1. The number of nitro benzene ring substituents is 1. The Morgan fingerprint density at radius 2 is 1.94 bits per heavy atom. The first kappa shape index (κ1) is 22.8. The van der Waals surface area contributed by atoms with E-state index in [4.69, 9.17) is 4.74 Å². The number of amides is 1. The number of aliphatic hydroxyl groups is 1. The summed E-state index contributed by atoms with van der Waals surface area (Å²) in [5.74, 6) is -2.15. The summed E-state index contributed by atoms with van der Waals surface area (Å²) in [4.78, 5) is 37.5. The summed E-state index contributed by atoms with van der Waals surface area (Å²) in [6.45, 7) is 5.72. The zero-order valence-corrected chi connectivity index (χ0v) is 17.9. The molecular formula is C23H24N2O7. The third-order valence-corrected chi connectivity index (χ3v) is 5.00. The summed E-state index contributed by atoms with van der Waals surface area (Å²) in [5, 5.41) is 32.2. The lowest BCUT2D eigenvalue weighted by molar-refractivity contribution is -0.385. The molecule has 1 unspecified atom stereocenters. The predicted molar refractivity (Wildman–Crippen MR) is 116 cm³/mol. The van der Waals surface area contributed by atoms with E-state index in [1.54, 1.807) is 24.3 Å². The third kappa shape index (κ3) is 4.27. The van der Waals surface area contributed by atoms with Crippen LogP contribution in [-0.4, -0.2) is 44.4 Å². The smallest absolute Gasteiger partial charge is 0.311 e. The summed E-state index contributed by atoms with van der Waals surface area (Å²) < 4.78 is 5.64. The third-order valence-electron chi connectivity index (χ3n) is 5.00. The zero-order chi connectivity index (χ0) is 23.6. The van der Waals surface area contributed by atoms with Crippen LogP contribution in [0.5, 0.6) is 11.5 Å². The van der Waals surface area contributed by atoms with Gasteiger partial charge in [-0.1, -0.05) is 25.1 Å². The van der Waals surface area contributed by atoms with E-state index in [0.717, 1.165) is 12.1 Å². The molecule has 0 bridgehead atoms. The molecule has 1 heterocycles. The molecule has 0 saturated carbocycles. The highest BCUT2D eigenvalue weighted by atomic mass is 16.6. The summed E-state index contributed by atoms with van der Waals surface area (Å²) in [5.41, 5.74) is -0.226. The van der Waals surface area contributed by atoms with Crippen molar-refractivity contribution in [3.05, 3.63) is 69.3 Å². The summed E-state index contributed by atoms with van der Waals surface area (Å²) in [7, 11) is 0. The van der Waals surface area contributed by atoms with Crippen molar-refractivity contribution < 1.29 is 29.5 Å². The van der Waals surface area contributed by atoms with Crippen LogP contribution in [0.4, 0.5) is 5.69 Å². The van der Waals surface area contributed by atoms with Gasteiger partial charge in [0, 0.05) is 18.2 Å². The SMILES string of the molecule is CCCN1C(=O)C(=O)/C(=C(\O)c2cccc(OC(C)C)c2)C1c1ccc(O)c([N+](=O)[O-])c1. The molecule has 0 aromatic heterocycles. The first-order valence-corrected chi connectivity index (χ1v) is 10.2. The molecule has 9 heteroatoms. The van der Waals surface area contributed by atoms with Crippen LogP contribution in [0.1, 0.15) is 44.4 Å². The van der Waals surface area contributed by atoms with Crippen molar-refractivity contribution in [2.45, 2.75) is 39.3 Å².